The highest BCUT2D eigenvalue weighted by Crippen LogP contribution is 2.33. The molecule has 1 N–H and O–H groups in total. The molecule has 0 fully saturated rings. The van der Waals surface area contributed by atoms with Gasteiger partial charge in [-0.15, -0.1) is 0 Å². The minimum absolute atomic E-state index is 0.451. The van der Waals surface area contributed by atoms with Gasteiger partial charge in [-0.2, -0.15) is 0 Å². The quantitative estimate of drug-likeness (QED) is 0.483. The van der Waals surface area contributed by atoms with E-state index in [1.165, 1.54) is 0 Å². The van der Waals surface area contributed by atoms with Crippen LogP contribution in [0.25, 0.3) is 0 Å². The number of nitro benzene ring substituents is 1. The summed E-state index contributed by atoms with van der Waals surface area (Å²) < 4.78 is 27.0. The molecule has 1 aromatic carbocycles. The lowest BCUT2D eigenvalue weighted by atomic mass is 10.1. The molecule has 0 aliphatic rings. The summed E-state index contributed by atoms with van der Waals surface area (Å²) in [6, 6.07) is 1.50. The molecule has 0 aliphatic carbocycles. The third-order valence-electron chi connectivity index (χ3n) is 2.09. The second-order valence-electron chi connectivity index (χ2n) is 3.36. The van der Waals surface area contributed by atoms with Crippen LogP contribution in [0.15, 0.2) is 17.0 Å². The molecule has 0 spiro atoms. The number of phenolic OH excluding ortho intramolecular Hbond substituents is 1. The van der Waals surface area contributed by atoms with Gasteiger partial charge in [0.15, 0.2) is 9.84 Å². The number of hydrogen-bond acceptors (Lipinski definition) is 7. The molecule has 1 aromatic rings. The number of hydrogen-bond donors (Lipinski definition) is 1. The first-order valence-corrected chi connectivity index (χ1v) is 6.37. The zero-order chi connectivity index (χ0) is 14.1. The Balaban J connectivity index is 3.68. The molecule has 9 heteroatoms. The average Bonchev–Trinajstić information content (AvgIpc) is 2.26. The highest BCUT2D eigenvalue weighted by atomic mass is 32.2. The molecular weight excluding hydrogens is 266 g/mol. The number of nitrogens with zero attached hydrogens (tertiary/aromatic N) is 1. The average molecular weight is 275 g/mol. The molecule has 0 radical (unpaired) electrons. The molecule has 1 rings (SSSR count). The minimum Gasteiger partial charge on any atom is -0.501 e. The third-order valence-corrected chi connectivity index (χ3v) is 3.19. The van der Waals surface area contributed by atoms with Crippen LogP contribution in [0.5, 0.6) is 5.75 Å². The van der Waals surface area contributed by atoms with Gasteiger partial charge in [-0.1, -0.05) is 0 Å². The summed E-state index contributed by atoms with van der Waals surface area (Å²) in [6.07, 6.45) is 0.824. The smallest absolute Gasteiger partial charge is 0.341 e. The fourth-order valence-corrected chi connectivity index (χ4v) is 1.87. The molecule has 0 aliphatic heterocycles. The predicted octanol–water partition coefficient (Wildman–Crippen LogP) is 0.490. The molecule has 0 heterocycles. The number of esters is 1. The SMILES string of the molecule is COC(=O)c1cc(S(C)(=O)=O)cc([N+](=O)[O-])c1O. The summed E-state index contributed by atoms with van der Waals surface area (Å²) in [7, 11) is -2.76. The highest BCUT2D eigenvalue weighted by molar-refractivity contribution is 7.90. The van der Waals surface area contributed by atoms with E-state index in [0.29, 0.717) is 6.07 Å². The summed E-state index contributed by atoms with van der Waals surface area (Å²) in [6.45, 7) is 0. The van der Waals surface area contributed by atoms with Crippen LogP contribution in [0.3, 0.4) is 0 Å². The van der Waals surface area contributed by atoms with Crippen LogP contribution in [0, 0.1) is 10.1 Å². The molecule has 98 valence electrons. The molecule has 0 amide bonds. The fraction of sp³-hybridized carbons (Fsp3) is 0.222. The van der Waals surface area contributed by atoms with E-state index in [-0.39, 0.29) is 0 Å². The van der Waals surface area contributed by atoms with Gasteiger partial charge in [0, 0.05) is 12.3 Å². The van der Waals surface area contributed by atoms with Gasteiger partial charge in [-0.3, -0.25) is 10.1 Å². The van der Waals surface area contributed by atoms with Gasteiger partial charge in [0.05, 0.1) is 16.9 Å². The number of methoxy groups -OCH3 is 1. The number of carbonyl (C=O) groups is 1. The van der Waals surface area contributed by atoms with Crippen LogP contribution in [0.1, 0.15) is 10.4 Å². The van der Waals surface area contributed by atoms with E-state index in [1.54, 1.807) is 0 Å². The van der Waals surface area contributed by atoms with Crippen LogP contribution in [-0.2, 0) is 14.6 Å². The molecule has 0 saturated heterocycles. The van der Waals surface area contributed by atoms with E-state index < -0.39 is 42.6 Å². The maximum absolute atomic E-state index is 11.3. The normalized spacial score (nSPS) is 11.0. The number of nitro groups is 1. The Labute approximate surface area is 102 Å². The number of aromatic hydroxyl groups is 1. The number of carbonyl (C=O) groups excluding carboxylic acids is 1. The largest absolute Gasteiger partial charge is 0.501 e. The molecule has 8 nitrogen and oxygen atoms in total. The van der Waals surface area contributed by atoms with E-state index in [4.69, 9.17) is 0 Å². The van der Waals surface area contributed by atoms with E-state index in [2.05, 4.69) is 4.74 Å². The predicted molar refractivity (Wildman–Crippen MR) is 59.2 cm³/mol. The van der Waals surface area contributed by atoms with Gasteiger partial charge in [0.2, 0.25) is 5.75 Å². The van der Waals surface area contributed by atoms with Gasteiger partial charge in [0.25, 0.3) is 0 Å². The standard InChI is InChI=1S/C9H9NO7S/c1-17-9(12)6-3-5(18(2,15)16)4-7(8(6)11)10(13)14/h3-4,11H,1-2H3. The third kappa shape index (κ3) is 2.56. The molecule has 0 aromatic heterocycles. The Kier molecular flexibility index (Phi) is 3.56. The highest BCUT2D eigenvalue weighted by Gasteiger charge is 2.26. The van der Waals surface area contributed by atoms with Crippen molar-refractivity contribution in [2.75, 3.05) is 13.4 Å². The Hall–Kier alpha value is -2.16. The van der Waals surface area contributed by atoms with Gasteiger partial charge >= 0.3 is 11.7 Å². The Morgan fingerprint density at radius 1 is 1.44 bits per heavy atom. The van der Waals surface area contributed by atoms with Crippen molar-refractivity contribution in [3.8, 4) is 5.75 Å². The van der Waals surface area contributed by atoms with Crippen molar-refractivity contribution in [3.63, 3.8) is 0 Å². The van der Waals surface area contributed by atoms with Crippen LogP contribution in [0.4, 0.5) is 5.69 Å². The van der Waals surface area contributed by atoms with E-state index in [9.17, 15) is 28.4 Å². The van der Waals surface area contributed by atoms with E-state index >= 15 is 0 Å². The van der Waals surface area contributed by atoms with Crippen molar-refractivity contribution in [2.24, 2.45) is 0 Å². The van der Waals surface area contributed by atoms with Gasteiger partial charge in [-0.25, -0.2) is 13.2 Å². The van der Waals surface area contributed by atoms with Crippen LogP contribution in [0.2, 0.25) is 0 Å². The van der Waals surface area contributed by atoms with Crippen molar-refractivity contribution in [2.45, 2.75) is 4.90 Å². The maximum atomic E-state index is 11.3. The van der Waals surface area contributed by atoms with E-state index in [0.717, 1.165) is 19.4 Å². The van der Waals surface area contributed by atoms with Crippen LogP contribution >= 0.6 is 0 Å². The van der Waals surface area contributed by atoms with Gasteiger partial charge in [-0.05, 0) is 6.07 Å². The Bertz CT molecular complexity index is 620. The van der Waals surface area contributed by atoms with Crippen molar-refractivity contribution in [1.82, 2.24) is 0 Å². The number of phenols is 1. The number of rotatable bonds is 3. The van der Waals surface area contributed by atoms with E-state index in [1.807, 2.05) is 0 Å². The summed E-state index contributed by atoms with van der Waals surface area (Å²) in [4.78, 5) is 20.5. The summed E-state index contributed by atoms with van der Waals surface area (Å²) in [5, 5.41) is 20.2. The molecular formula is C9H9NO7S. The van der Waals surface area contributed by atoms with Gasteiger partial charge in [0.1, 0.15) is 5.56 Å². The molecule has 0 atom stereocenters. The number of benzene rings is 1. The van der Waals surface area contributed by atoms with Crippen molar-refractivity contribution in [1.29, 1.82) is 0 Å². The Morgan fingerprint density at radius 2 is 2.00 bits per heavy atom. The van der Waals surface area contributed by atoms with Crippen molar-refractivity contribution in [3.05, 3.63) is 27.8 Å². The molecule has 0 bridgehead atoms. The van der Waals surface area contributed by atoms with Crippen LogP contribution < -0.4 is 0 Å². The number of ether oxygens (including phenoxy) is 1. The first kappa shape index (κ1) is 13.9. The second kappa shape index (κ2) is 4.61. The maximum Gasteiger partial charge on any atom is 0.341 e. The number of sulfone groups is 1. The minimum atomic E-state index is -3.76. The van der Waals surface area contributed by atoms with Crippen molar-refractivity contribution < 1.29 is 28.0 Å². The zero-order valence-corrected chi connectivity index (χ0v) is 10.2. The molecule has 0 unspecified atom stereocenters. The summed E-state index contributed by atoms with van der Waals surface area (Å²) >= 11 is 0. The first-order chi connectivity index (χ1) is 8.18. The second-order valence-corrected chi connectivity index (χ2v) is 5.38. The topological polar surface area (TPSA) is 124 Å². The Morgan fingerprint density at radius 3 is 2.39 bits per heavy atom. The lowest BCUT2D eigenvalue weighted by Gasteiger charge is -2.06. The van der Waals surface area contributed by atoms with Gasteiger partial charge < -0.3 is 9.84 Å². The summed E-state index contributed by atoms with van der Waals surface area (Å²) in [5.41, 5.74) is -1.45. The monoisotopic (exact) mass is 275 g/mol. The lowest BCUT2D eigenvalue weighted by Crippen LogP contribution is -2.07. The fourth-order valence-electron chi connectivity index (χ4n) is 1.21. The summed E-state index contributed by atoms with van der Waals surface area (Å²) in [5.74, 6) is -2.00. The molecule has 0 saturated carbocycles. The first-order valence-electron chi connectivity index (χ1n) is 4.48. The van der Waals surface area contributed by atoms with Crippen LogP contribution in [-0.4, -0.2) is 37.8 Å². The molecule has 18 heavy (non-hydrogen) atoms. The lowest BCUT2D eigenvalue weighted by molar-refractivity contribution is -0.386. The van der Waals surface area contributed by atoms with Crippen molar-refractivity contribution >= 4 is 21.5 Å². The zero-order valence-electron chi connectivity index (χ0n) is 9.41.